The first kappa shape index (κ1) is 14.8. The van der Waals surface area contributed by atoms with Crippen LogP contribution in [0.15, 0.2) is 36.9 Å². The molecule has 0 aliphatic carbocycles. The van der Waals surface area contributed by atoms with Crippen molar-refractivity contribution >= 4 is 10.1 Å². The molecule has 0 radical (unpaired) electrons. The number of unbranched alkanes of at least 4 members (excludes halogenated alkanes) is 2. The molecule has 0 heterocycles. The highest BCUT2D eigenvalue weighted by molar-refractivity contribution is 7.87. The SMILES string of the molecule is C=CCS(=O)(=O)Oc1ccc(CCCCC)cc1. The molecule has 1 aromatic rings. The van der Waals surface area contributed by atoms with Crippen LogP contribution in [0.4, 0.5) is 0 Å². The van der Waals surface area contributed by atoms with Crippen LogP contribution in [0.2, 0.25) is 0 Å². The predicted octanol–water partition coefficient (Wildman–Crippen LogP) is 3.31. The lowest BCUT2D eigenvalue weighted by molar-refractivity contribution is 0.489. The first-order valence-electron chi connectivity index (χ1n) is 6.19. The monoisotopic (exact) mass is 268 g/mol. The Hall–Kier alpha value is -1.29. The van der Waals surface area contributed by atoms with Crippen molar-refractivity contribution in [3.05, 3.63) is 42.5 Å². The van der Waals surface area contributed by atoms with E-state index in [-0.39, 0.29) is 5.75 Å². The maximum Gasteiger partial charge on any atom is 0.312 e. The molecule has 0 aliphatic rings. The molecule has 0 saturated heterocycles. The molecular weight excluding hydrogens is 248 g/mol. The Morgan fingerprint density at radius 3 is 2.44 bits per heavy atom. The van der Waals surface area contributed by atoms with E-state index in [9.17, 15) is 8.42 Å². The van der Waals surface area contributed by atoms with Gasteiger partial charge >= 0.3 is 10.1 Å². The van der Waals surface area contributed by atoms with E-state index in [0.29, 0.717) is 5.75 Å². The molecule has 0 aromatic heterocycles. The fourth-order valence-electron chi connectivity index (χ4n) is 1.62. The lowest BCUT2D eigenvalue weighted by atomic mass is 10.1. The number of hydrogen-bond acceptors (Lipinski definition) is 3. The van der Waals surface area contributed by atoms with Crippen LogP contribution in [0, 0.1) is 0 Å². The van der Waals surface area contributed by atoms with Crippen LogP contribution in [-0.4, -0.2) is 14.2 Å². The second kappa shape index (κ2) is 7.21. The van der Waals surface area contributed by atoms with Gasteiger partial charge in [0, 0.05) is 0 Å². The summed E-state index contributed by atoms with van der Waals surface area (Å²) in [7, 11) is -3.54. The Morgan fingerprint density at radius 1 is 1.22 bits per heavy atom. The minimum Gasteiger partial charge on any atom is -0.382 e. The molecular formula is C14H20O3S. The third kappa shape index (κ3) is 5.36. The van der Waals surface area contributed by atoms with Gasteiger partial charge in [0.25, 0.3) is 0 Å². The molecule has 0 spiro atoms. The zero-order valence-corrected chi connectivity index (χ0v) is 11.6. The highest BCUT2D eigenvalue weighted by Gasteiger charge is 2.09. The van der Waals surface area contributed by atoms with E-state index in [2.05, 4.69) is 13.5 Å². The van der Waals surface area contributed by atoms with Gasteiger partial charge in [-0.25, -0.2) is 0 Å². The molecule has 0 bridgehead atoms. The van der Waals surface area contributed by atoms with E-state index in [0.717, 1.165) is 12.8 Å². The number of benzene rings is 1. The third-order valence-electron chi connectivity index (χ3n) is 2.54. The molecule has 1 aromatic carbocycles. The average Bonchev–Trinajstić information content (AvgIpc) is 2.31. The summed E-state index contributed by atoms with van der Waals surface area (Å²) in [4.78, 5) is 0. The Labute approximate surface area is 110 Å². The maximum absolute atomic E-state index is 11.4. The molecule has 0 fully saturated rings. The van der Waals surface area contributed by atoms with Gasteiger partial charge in [0.15, 0.2) is 0 Å². The van der Waals surface area contributed by atoms with E-state index >= 15 is 0 Å². The molecule has 1 rings (SSSR count). The van der Waals surface area contributed by atoms with Crippen LogP contribution in [0.1, 0.15) is 31.7 Å². The summed E-state index contributed by atoms with van der Waals surface area (Å²) in [5.41, 5.74) is 1.21. The van der Waals surface area contributed by atoms with Gasteiger partial charge in [-0.1, -0.05) is 38.0 Å². The van der Waals surface area contributed by atoms with Gasteiger partial charge in [0.2, 0.25) is 0 Å². The van der Waals surface area contributed by atoms with Gasteiger partial charge in [-0.2, -0.15) is 8.42 Å². The summed E-state index contributed by atoms with van der Waals surface area (Å²) >= 11 is 0. The normalized spacial score (nSPS) is 11.2. The maximum atomic E-state index is 11.4. The quantitative estimate of drug-likeness (QED) is 0.413. The summed E-state index contributed by atoms with van der Waals surface area (Å²) in [6.07, 6.45) is 5.90. The van der Waals surface area contributed by atoms with Gasteiger partial charge in [-0.15, -0.1) is 6.58 Å². The van der Waals surface area contributed by atoms with Crippen molar-refractivity contribution in [2.45, 2.75) is 32.6 Å². The fourth-order valence-corrected chi connectivity index (χ4v) is 2.38. The van der Waals surface area contributed by atoms with E-state index in [4.69, 9.17) is 4.18 Å². The third-order valence-corrected chi connectivity index (χ3v) is 3.63. The first-order chi connectivity index (χ1) is 8.57. The zero-order chi connectivity index (χ0) is 13.4. The zero-order valence-electron chi connectivity index (χ0n) is 10.8. The Morgan fingerprint density at radius 2 is 1.89 bits per heavy atom. The molecule has 0 amide bonds. The smallest absolute Gasteiger partial charge is 0.312 e. The molecule has 18 heavy (non-hydrogen) atoms. The summed E-state index contributed by atoms with van der Waals surface area (Å²) in [6.45, 7) is 5.55. The molecule has 0 N–H and O–H groups in total. The van der Waals surface area contributed by atoms with Crippen molar-refractivity contribution in [1.29, 1.82) is 0 Å². The minimum absolute atomic E-state index is 0.175. The van der Waals surface area contributed by atoms with Gasteiger partial charge in [-0.05, 0) is 30.5 Å². The summed E-state index contributed by atoms with van der Waals surface area (Å²) in [5, 5.41) is 0. The van der Waals surface area contributed by atoms with Gasteiger partial charge in [-0.3, -0.25) is 0 Å². The molecule has 0 saturated carbocycles. The Bertz CT molecular complexity index is 460. The highest BCUT2D eigenvalue weighted by atomic mass is 32.2. The van der Waals surface area contributed by atoms with Crippen LogP contribution < -0.4 is 4.18 Å². The second-order valence-corrected chi connectivity index (χ2v) is 5.81. The standard InChI is InChI=1S/C14H20O3S/c1-3-5-6-7-13-8-10-14(11-9-13)17-18(15,16)12-4-2/h4,8-11H,2-3,5-7,12H2,1H3. The molecule has 0 aliphatic heterocycles. The van der Waals surface area contributed by atoms with Gasteiger partial charge < -0.3 is 4.18 Å². The summed E-state index contributed by atoms with van der Waals surface area (Å²) in [6, 6.07) is 7.21. The van der Waals surface area contributed by atoms with E-state index in [1.807, 2.05) is 12.1 Å². The van der Waals surface area contributed by atoms with Crippen LogP contribution >= 0.6 is 0 Å². The average molecular weight is 268 g/mol. The van der Waals surface area contributed by atoms with Crippen molar-refractivity contribution in [2.24, 2.45) is 0 Å². The first-order valence-corrected chi connectivity index (χ1v) is 7.77. The van der Waals surface area contributed by atoms with Crippen LogP contribution in [0.3, 0.4) is 0 Å². The van der Waals surface area contributed by atoms with Gasteiger partial charge in [0.1, 0.15) is 11.5 Å². The van der Waals surface area contributed by atoms with E-state index in [1.54, 1.807) is 12.1 Å². The van der Waals surface area contributed by atoms with Gasteiger partial charge in [0.05, 0.1) is 0 Å². The van der Waals surface area contributed by atoms with E-state index in [1.165, 1.54) is 24.5 Å². The van der Waals surface area contributed by atoms with Crippen LogP contribution in [0.5, 0.6) is 5.75 Å². The number of aryl methyl sites for hydroxylation is 1. The lowest BCUT2D eigenvalue weighted by Crippen LogP contribution is -2.11. The summed E-state index contributed by atoms with van der Waals surface area (Å²) < 4.78 is 27.7. The molecule has 0 unspecified atom stereocenters. The summed E-state index contributed by atoms with van der Waals surface area (Å²) in [5.74, 6) is 0.182. The molecule has 0 atom stereocenters. The number of rotatable bonds is 8. The predicted molar refractivity (Wildman–Crippen MR) is 74.3 cm³/mol. The molecule has 3 nitrogen and oxygen atoms in total. The highest BCUT2D eigenvalue weighted by Crippen LogP contribution is 2.16. The van der Waals surface area contributed by atoms with Crippen molar-refractivity contribution < 1.29 is 12.6 Å². The van der Waals surface area contributed by atoms with E-state index < -0.39 is 10.1 Å². The topological polar surface area (TPSA) is 43.4 Å². The Kier molecular flexibility index (Phi) is 5.92. The molecule has 100 valence electrons. The van der Waals surface area contributed by atoms with Crippen molar-refractivity contribution in [3.8, 4) is 5.75 Å². The van der Waals surface area contributed by atoms with Crippen molar-refractivity contribution in [3.63, 3.8) is 0 Å². The second-order valence-electron chi connectivity index (χ2n) is 4.20. The van der Waals surface area contributed by atoms with Crippen molar-refractivity contribution in [2.75, 3.05) is 5.75 Å². The van der Waals surface area contributed by atoms with Crippen LogP contribution in [0.25, 0.3) is 0 Å². The largest absolute Gasteiger partial charge is 0.382 e. The van der Waals surface area contributed by atoms with Crippen molar-refractivity contribution in [1.82, 2.24) is 0 Å². The minimum atomic E-state index is -3.54. The van der Waals surface area contributed by atoms with Crippen LogP contribution in [-0.2, 0) is 16.5 Å². The molecule has 4 heteroatoms. The number of hydrogen-bond donors (Lipinski definition) is 0. The lowest BCUT2D eigenvalue weighted by Gasteiger charge is -2.06. The Balaban J connectivity index is 2.57. The fraction of sp³-hybridized carbons (Fsp3) is 0.429.